The van der Waals surface area contributed by atoms with Gasteiger partial charge in [0, 0.05) is 41.6 Å². The van der Waals surface area contributed by atoms with Crippen molar-refractivity contribution >= 4 is 39.9 Å². The summed E-state index contributed by atoms with van der Waals surface area (Å²) in [5, 5.41) is 1.42. The van der Waals surface area contributed by atoms with Gasteiger partial charge in [-0.15, -0.1) is 0 Å². The topological polar surface area (TPSA) is 7.12 Å². The molecule has 2 heterocycles. The Labute approximate surface area is 204 Å². The molecular formula is C29H23Cl2N2+. The van der Waals surface area contributed by atoms with Crippen LogP contribution in [0.1, 0.15) is 16.7 Å². The van der Waals surface area contributed by atoms with Gasteiger partial charge in [-0.1, -0.05) is 47.5 Å². The lowest BCUT2D eigenvalue weighted by Crippen LogP contribution is -2.25. The zero-order valence-corrected chi connectivity index (χ0v) is 20.0. The Morgan fingerprint density at radius 3 is 1.88 bits per heavy atom. The third kappa shape index (κ3) is 4.32. The van der Waals surface area contributed by atoms with Crippen LogP contribution in [0.4, 0.5) is 0 Å². The van der Waals surface area contributed by atoms with E-state index < -0.39 is 0 Å². The number of hydrogen-bond donors (Lipinski definition) is 0. The summed E-state index contributed by atoms with van der Waals surface area (Å²) in [5.41, 5.74) is 9.08. The molecule has 1 aromatic heterocycles. The van der Waals surface area contributed by atoms with E-state index in [1.165, 1.54) is 0 Å². The van der Waals surface area contributed by atoms with Crippen molar-refractivity contribution in [3.8, 4) is 0 Å². The first-order valence-electron chi connectivity index (χ1n) is 10.8. The second-order valence-electron chi connectivity index (χ2n) is 8.25. The number of hydrogen-bond acceptors (Lipinski definition) is 1. The Hall–Kier alpha value is -3.33. The van der Waals surface area contributed by atoms with Crippen molar-refractivity contribution in [1.82, 2.24) is 4.90 Å². The van der Waals surface area contributed by atoms with Crippen LogP contribution in [0.3, 0.4) is 0 Å². The molecule has 1 aliphatic heterocycles. The molecule has 5 rings (SSSR count). The van der Waals surface area contributed by atoms with E-state index in [4.69, 9.17) is 23.2 Å². The lowest BCUT2D eigenvalue weighted by atomic mass is 9.89. The SMILES string of the molecule is CN1C=CC(=C2C=C(c3cc[n+](C)cc3)C(c3cccc(Cl)c3)=C2c2cccc(Cl)c2)C=C1. The molecule has 0 bridgehead atoms. The standard InChI is InChI=1S/C29H23Cl2N2/c1-32-13-9-20(10-14-32)26-19-27(21-11-15-33(2)16-12-21)29(23-6-4-8-25(31)18-23)28(26)22-5-3-7-24(30)17-22/h3-19H,1-2H3/q+1. The van der Waals surface area contributed by atoms with E-state index >= 15 is 0 Å². The number of allylic oxidation sites excluding steroid dienone is 8. The van der Waals surface area contributed by atoms with Gasteiger partial charge in [-0.05, 0) is 87.0 Å². The van der Waals surface area contributed by atoms with E-state index in [1.54, 1.807) is 0 Å². The normalized spacial score (nSPS) is 15.5. The molecule has 2 aliphatic rings. The Morgan fingerprint density at radius 1 is 0.727 bits per heavy atom. The monoisotopic (exact) mass is 469 g/mol. The van der Waals surface area contributed by atoms with Gasteiger partial charge < -0.3 is 4.90 Å². The smallest absolute Gasteiger partial charge is 0.169 e. The Morgan fingerprint density at radius 2 is 1.30 bits per heavy atom. The summed E-state index contributed by atoms with van der Waals surface area (Å²) in [6.07, 6.45) is 14.9. The summed E-state index contributed by atoms with van der Waals surface area (Å²) in [6, 6.07) is 20.4. The van der Waals surface area contributed by atoms with Gasteiger partial charge in [-0.3, -0.25) is 0 Å². The summed E-state index contributed by atoms with van der Waals surface area (Å²) >= 11 is 12.9. The number of halogens is 2. The average Bonchev–Trinajstić information content (AvgIpc) is 3.21. The molecule has 0 saturated heterocycles. The molecule has 2 nitrogen and oxygen atoms in total. The van der Waals surface area contributed by atoms with Gasteiger partial charge in [0.1, 0.15) is 7.05 Å². The van der Waals surface area contributed by atoms with Crippen molar-refractivity contribution in [3.63, 3.8) is 0 Å². The molecule has 33 heavy (non-hydrogen) atoms. The lowest BCUT2D eigenvalue weighted by Gasteiger charge is -2.17. The molecule has 0 N–H and O–H groups in total. The van der Waals surface area contributed by atoms with Crippen molar-refractivity contribution in [2.45, 2.75) is 0 Å². The average molecular weight is 470 g/mol. The highest BCUT2D eigenvalue weighted by molar-refractivity contribution is 6.32. The second-order valence-corrected chi connectivity index (χ2v) is 9.12. The quantitative estimate of drug-likeness (QED) is 0.371. The molecule has 0 saturated carbocycles. The highest BCUT2D eigenvalue weighted by Gasteiger charge is 2.27. The molecular weight excluding hydrogens is 447 g/mol. The lowest BCUT2D eigenvalue weighted by molar-refractivity contribution is -0.671. The van der Waals surface area contributed by atoms with Gasteiger partial charge in [0.05, 0.1) is 0 Å². The minimum absolute atomic E-state index is 0.712. The molecule has 0 amide bonds. The molecule has 0 unspecified atom stereocenters. The van der Waals surface area contributed by atoms with Gasteiger partial charge in [-0.2, -0.15) is 0 Å². The Balaban J connectivity index is 1.85. The van der Waals surface area contributed by atoms with Crippen LogP contribution < -0.4 is 4.57 Å². The van der Waals surface area contributed by atoms with Crippen LogP contribution in [0, 0.1) is 0 Å². The first-order chi connectivity index (χ1) is 16.0. The molecule has 0 atom stereocenters. The second kappa shape index (κ2) is 8.90. The molecule has 2 aromatic carbocycles. The van der Waals surface area contributed by atoms with Crippen LogP contribution in [-0.4, -0.2) is 11.9 Å². The summed E-state index contributed by atoms with van der Waals surface area (Å²) < 4.78 is 2.04. The van der Waals surface area contributed by atoms with Crippen molar-refractivity contribution < 1.29 is 4.57 Å². The zero-order valence-electron chi connectivity index (χ0n) is 18.5. The van der Waals surface area contributed by atoms with E-state index in [9.17, 15) is 0 Å². The van der Waals surface area contributed by atoms with Crippen molar-refractivity contribution in [2.75, 3.05) is 7.05 Å². The molecule has 162 valence electrons. The summed E-state index contributed by atoms with van der Waals surface area (Å²) in [7, 11) is 4.05. The first-order valence-corrected chi connectivity index (χ1v) is 11.5. The van der Waals surface area contributed by atoms with Crippen LogP contribution in [-0.2, 0) is 7.05 Å². The van der Waals surface area contributed by atoms with Crippen molar-refractivity contribution in [3.05, 3.63) is 142 Å². The van der Waals surface area contributed by atoms with Gasteiger partial charge in [-0.25, -0.2) is 4.57 Å². The predicted molar refractivity (Wildman–Crippen MR) is 138 cm³/mol. The molecule has 3 aromatic rings. The van der Waals surface area contributed by atoms with Gasteiger partial charge in [0.15, 0.2) is 12.4 Å². The Kier molecular flexibility index (Phi) is 5.80. The number of benzene rings is 2. The number of aromatic nitrogens is 1. The van der Waals surface area contributed by atoms with E-state index in [0.29, 0.717) is 10.0 Å². The third-order valence-electron chi connectivity index (χ3n) is 5.88. The molecule has 1 aliphatic carbocycles. The highest BCUT2D eigenvalue weighted by atomic mass is 35.5. The Bertz CT molecular complexity index is 1370. The number of rotatable bonds is 3. The number of aryl methyl sites for hydroxylation is 1. The summed E-state index contributed by atoms with van der Waals surface area (Å²) in [6.45, 7) is 0. The van der Waals surface area contributed by atoms with E-state index in [2.05, 4.69) is 67.3 Å². The maximum Gasteiger partial charge on any atom is 0.169 e. The molecule has 4 heteroatoms. The van der Waals surface area contributed by atoms with Crippen molar-refractivity contribution in [2.24, 2.45) is 7.05 Å². The largest absolute Gasteiger partial charge is 0.357 e. The minimum atomic E-state index is 0.712. The van der Waals surface area contributed by atoms with Crippen LogP contribution in [0.25, 0.3) is 16.7 Å². The van der Waals surface area contributed by atoms with Gasteiger partial charge in [0.2, 0.25) is 0 Å². The number of pyridine rings is 1. The maximum absolute atomic E-state index is 6.45. The molecule has 0 radical (unpaired) electrons. The first kappa shape index (κ1) is 21.5. The van der Waals surface area contributed by atoms with Crippen LogP contribution >= 0.6 is 23.2 Å². The van der Waals surface area contributed by atoms with Gasteiger partial charge >= 0.3 is 0 Å². The van der Waals surface area contributed by atoms with E-state index in [-0.39, 0.29) is 0 Å². The van der Waals surface area contributed by atoms with E-state index in [1.807, 2.05) is 60.0 Å². The maximum atomic E-state index is 6.45. The van der Waals surface area contributed by atoms with Crippen LogP contribution in [0.5, 0.6) is 0 Å². The predicted octanol–water partition coefficient (Wildman–Crippen LogP) is 7.10. The molecule has 0 fully saturated rings. The zero-order chi connectivity index (χ0) is 22.9. The number of nitrogens with zero attached hydrogens (tertiary/aromatic N) is 2. The fourth-order valence-electron chi connectivity index (χ4n) is 4.26. The van der Waals surface area contributed by atoms with E-state index in [0.717, 1.165) is 44.6 Å². The fraction of sp³-hybridized carbons (Fsp3) is 0.0690. The molecule has 0 spiro atoms. The van der Waals surface area contributed by atoms with Gasteiger partial charge in [0.25, 0.3) is 0 Å². The minimum Gasteiger partial charge on any atom is -0.357 e. The fourth-order valence-corrected chi connectivity index (χ4v) is 4.64. The highest BCUT2D eigenvalue weighted by Crippen LogP contribution is 2.49. The van der Waals surface area contributed by atoms with Crippen molar-refractivity contribution in [1.29, 1.82) is 0 Å². The third-order valence-corrected chi connectivity index (χ3v) is 6.35. The summed E-state index contributed by atoms with van der Waals surface area (Å²) in [4.78, 5) is 2.04. The van der Waals surface area contributed by atoms with Crippen LogP contribution in [0.2, 0.25) is 10.0 Å². The summed E-state index contributed by atoms with van der Waals surface area (Å²) in [5.74, 6) is 0. The van der Waals surface area contributed by atoms with Crippen LogP contribution in [0.15, 0.2) is 115 Å².